The first kappa shape index (κ1) is 17.9. The van der Waals surface area contributed by atoms with Gasteiger partial charge in [0, 0.05) is 48.6 Å². The minimum absolute atomic E-state index is 0.544. The number of hydrogen-bond acceptors (Lipinski definition) is 4. The fraction of sp³-hybridized carbons (Fsp3) is 0.455. The zero-order valence-corrected chi connectivity index (χ0v) is 16.7. The highest BCUT2D eigenvalue weighted by atomic mass is 32.2. The van der Waals surface area contributed by atoms with E-state index >= 15 is 0 Å². The van der Waals surface area contributed by atoms with Gasteiger partial charge in [-0.25, -0.2) is 0 Å². The van der Waals surface area contributed by atoms with Crippen LogP contribution in [0.3, 0.4) is 0 Å². The fourth-order valence-corrected chi connectivity index (χ4v) is 5.20. The van der Waals surface area contributed by atoms with E-state index in [1.165, 1.54) is 60.3 Å². The second-order valence-electron chi connectivity index (χ2n) is 7.37. The van der Waals surface area contributed by atoms with Crippen molar-refractivity contribution in [3.63, 3.8) is 0 Å². The molecule has 2 aromatic carbocycles. The summed E-state index contributed by atoms with van der Waals surface area (Å²) >= 11 is 1.89. The summed E-state index contributed by atoms with van der Waals surface area (Å²) in [6.45, 7) is 11.7. The van der Waals surface area contributed by atoms with Crippen molar-refractivity contribution >= 4 is 23.1 Å². The minimum atomic E-state index is 0.544. The van der Waals surface area contributed by atoms with Crippen LogP contribution in [-0.4, -0.2) is 55.1 Å². The van der Waals surface area contributed by atoms with Gasteiger partial charge in [0.2, 0.25) is 0 Å². The van der Waals surface area contributed by atoms with Gasteiger partial charge in [-0.2, -0.15) is 0 Å². The second kappa shape index (κ2) is 8.03. The van der Waals surface area contributed by atoms with Crippen molar-refractivity contribution in [3.05, 3.63) is 48.5 Å². The van der Waals surface area contributed by atoms with Crippen LogP contribution >= 0.6 is 11.8 Å². The number of para-hydroxylation sites is 2. The Morgan fingerprint density at radius 1 is 0.885 bits per heavy atom. The van der Waals surface area contributed by atoms with Gasteiger partial charge in [0.15, 0.2) is 0 Å². The number of nitrogens with zero attached hydrogens (tertiary/aromatic N) is 3. The van der Waals surface area contributed by atoms with Gasteiger partial charge in [-0.15, -0.1) is 0 Å². The first-order valence-electron chi connectivity index (χ1n) is 9.86. The average molecular weight is 368 g/mol. The molecular weight excluding hydrogens is 338 g/mol. The van der Waals surface area contributed by atoms with E-state index in [2.05, 4.69) is 77.1 Å². The van der Waals surface area contributed by atoms with Crippen molar-refractivity contribution in [1.82, 2.24) is 9.80 Å². The molecule has 4 rings (SSSR count). The lowest BCUT2D eigenvalue weighted by atomic mass is 10.1. The Hall–Kier alpha value is -1.49. The molecule has 0 radical (unpaired) electrons. The van der Waals surface area contributed by atoms with E-state index in [0.717, 1.165) is 6.54 Å². The number of benzene rings is 2. The number of piperazine rings is 1. The molecule has 0 N–H and O–H groups in total. The van der Waals surface area contributed by atoms with E-state index in [4.69, 9.17) is 0 Å². The van der Waals surface area contributed by atoms with E-state index in [1.807, 2.05) is 11.8 Å². The van der Waals surface area contributed by atoms with Gasteiger partial charge >= 0.3 is 0 Å². The first-order chi connectivity index (χ1) is 12.8. The lowest BCUT2D eigenvalue weighted by Crippen LogP contribution is -2.52. The molecule has 0 bridgehead atoms. The Morgan fingerprint density at radius 3 is 2.04 bits per heavy atom. The quantitative estimate of drug-likeness (QED) is 0.757. The third-order valence-corrected chi connectivity index (χ3v) is 6.68. The Morgan fingerprint density at radius 2 is 1.46 bits per heavy atom. The molecule has 0 amide bonds. The normalized spacial score (nSPS) is 19.1. The second-order valence-corrected chi connectivity index (χ2v) is 8.46. The van der Waals surface area contributed by atoms with Crippen LogP contribution in [-0.2, 0) is 0 Å². The van der Waals surface area contributed by atoms with E-state index in [9.17, 15) is 0 Å². The summed E-state index contributed by atoms with van der Waals surface area (Å²) in [5, 5.41) is 0. The Kier molecular flexibility index (Phi) is 5.53. The molecule has 0 aliphatic carbocycles. The molecule has 1 fully saturated rings. The van der Waals surface area contributed by atoms with E-state index in [-0.39, 0.29) is 0 Å². The van der Waals surface area contributed by atoms with Gasteiger partial charge < -0.3 is 9.80 Å². The summed E-state index contributed by atoms with van der Waals surface area (Å²) in [4.78, 5) is 10.5. The van der Waals surface area contributed by atoms with Gasteiger partial charge in [0.1, 0.15) is 0 Å². The molecule has 2 heterocycles. The highest BCUT2D eigenvalue weighted by Crippen LogP contribution is 2.47. The molecule has 2 aromatic rings. The Labute approximate surface area is 162 Å². The molecule has 3 nitrogen and oxygen atoms in total. The lowest BCUT2D eigenvalue weighted by Gasteiger charge is -2.41. The fourth-order valence-electron chi connectivity index (χ4n) is 4.10. The van der Waals surface area contributed by atoms with E-state index < -0.39 is 0 Å². The maximum absolute atomic E-state index is 2.67. The topological polar surface area (TPSA) is 9.72 Å². The minimum Gasteiger partial charge on any atom is -0.338 e. The monoisotopic (exact) mass is 367 g/mol. The zero-order valence-electron chi connectivity index (χ0n) is 15.9. The van der Waals surface area contributed by atoms with E-state index in [0.29, 0.717) is 6.04 Å². The SMILES string of the molecule is CCCN1CCN(C(C)CN2c3ccccc3Sc3ccccc32)CC1. The maximum Gasteiger partial charge on any atom is 0.0553 e. The van der Waals surface area contributed by atoms with Crippen LogP contribution in [0.2, 0.25) is 0 Å². The molecule has 1 saturated heterocycles. The maximum atomic E-state index is 2.67. The Bertz CT molecular complexity index is 694. The van der Waals surface area contributed by atoms with Crippen LogP contribution in [0.4, 0.5) is 11.4 Å². The summed E-state index contributed by atoms with van der Waals surface area (Å²) in [6, 6.07) is 18.2. The third kappa shape index (κ3) is 3.64. The Balaban J connectivity index is 1.51. The molecule has 1 atom stereocenters. The van der Waals surface area contributed by atoms with Crippen LogP contribution < -0.4 is 4.90 Å². The third-order valence-electron chi connectivity index (χ3n) is 5.55. The molecule has 2 aliphatic rings. The molecular formula is C22H29N3S. The van der Waals surface area contributed by atoms with E-state index in [1.54, 1.807) is 0 Å². The molecule has 138 valence electrons. The van der Waals surface area contributed by atoms with Crippen molar-refractivity contribution in [2.45, 2.75) is 36.1 Å². The zero-order chi connectivity index (χ0) is 17.9. The molecule has 1 unspecified atom stereocenters. The predicted octanol–water partition coefficient (Wildman–Crippen LogP) is 4.71. The van der Waals surface area contributed by atoms with Gasteiger partial charge in [-0.1, -0.05) is 43.0 Å². The highest BCUT2D eigenvalue weighted by molar-refractivity contribution is 7.99. The smallest absolute Gasteiger partial charge is 0.0553 e. The predicted molar refractivity (Wildman–Crippen MR) is 112 cm³/mol. The largest absolute Gasteiger partial charge is 0.338 e. The number of fused-ring (bicyclic) bond motifs is 2. The van der Waals surface area contributed by atoms with Crippen molar-refractivity contribution < 1.29 is 0 Å². The van der Waals surface area contributed by atoms with Crippen LogP contribution in [0.5, 0.6) is 0 Å². The van der Waals surface area contributed by atoms with Gasteiger partial charge in [0.05, 0.1) is 11.4 Å². The number of anilines is 2. The number of rotatable bonds is 5. The summed E-state index contributed by atoms with van der Waals surface area (Å²) in [7, 11) is 0. The van der Waals surface area contributed by atoms with Crippen LogP contribution in [0.15, 0.2) is 58.3 Å². The molecule has 2 aliphatic heterocycles. The summed E-state index contributed by atoms with van der Waals surface area (Å²) in [5.74, 6) is 0. The molecule has 26 heavy (non-hydrogen) atoms. The van der Waals surface area contributed by atoms with Gasteiger partial charge in [0.25, 0.3) is 0 Å². The van der Waals surface area contributed by atoms with Crippen molar-refractivity contribution in [1.29, 1.82) is 0 Å². The summed E-state index contributed by atoms with van der Waals surface area (Å²) < 4.78 is 0. The van der Waals surface area contributed by atoms with Crippen molar-refractivity contribution in [2.24, 2.45) is 0 Å². The van der Waals surface area contributed by atoms with Crippen molar-refractivity contribution in [2.75, 3.05) is 44.2 Å². The summed E-state index contributed by atoms with van der Waals surface area (Å²) in [6.07, 6.45) is 1.26. The highest BCUT2D eigenvalue weighted by Gasteiger charge is 2.27. The first-order valence-corrected chi connectivity index (χ1v) is 10.7. The van der Waals surface area contributed by atoms with Crippen LogP contribution in [0.1, 0.15) is 20.3 Å². The molecule has 4 heteroatoms. The lowest BCUT2D eigenvalue weighted by molar-refractivity contribution is 0.105. The molecule has 0 aromatic heterocycles. The standard InChI is InChI=1S/C22H29N3S/c1-3-12-23-13-15-24(16-14-23)18(2)17-25-19-8-4-6-10-21(19)26-22-11-7-5-9-20(22)25/h4-11,18H,3,12-17H2,1-2H3. The average Bonchev–Trinajstić information content (AvgIpc) is 2.68. The van der Waals surface area contributed by atoms with Gasteiger partial charge in [-0.05, 0) is 44.2 Å². The number of hydrogen-bond donors (Lipinski definition) is 0. The molecule has 0 spiro atoms. The molecule has 0 saturated carbocycles. The van der Waals surface area contributed by atoms with Crippen LogP contribution in [0, 0.1) is 0 Å². The summed E-state index contributed by atoms with van der Waals surface area (Å²) in [5.41, 5.74) is 2.71. The van der Waals surface area contributed by atoms with Crippen molar-refractivity contribution in [3.8, 4) is 0 Å². The van der Waals surface area contributed by atoms with Crippen LogP contribution in [0.25, 0.3) is 0 Å². The van der Waals surface area contributed by atoms with Gasteiger partial charge in [-0.3, -0.25) is 4.90 Å².